The first kappa shape index (κ1) is 22.9. The molecule has 0 saturated heterocycles. The number of fused-ring (bicyclic) bond motifs is 1. The van der Waals surface area contributed by atoms with Gasteiger partial charge in [-0.1, -0.05) is 35.9 Å². The third-order valence-corrected chi connectivity index (χ3v) is 5.21. The number of rotatable bonds is 8. The molecule has 0 aromatic heterocycles. The predicted octanol–water partition coefficient (Wildman–Crippen LogP) is 5.47. The van der Waals surface area contributed by atoms with Crippen molar-refractivity contribution in [3.05, 3.63) is 71.3 Å². The molecule has 1 N–H and O–H groups in total. The van der Waals surface area contributed by atoms with Crippen molar-refractivity contribution in [2.45, 2.75) is 58.8 Å². The molecule has 31 heavy (non-hydrogen) atoms. The number of carbonyl (C=O) groups is 1. The van der Waals surface area contributed by atoms with Gasteiger partial charge in [-0.2, -0.15) is 0 Å². The van der Waals surface area contributed by atoms with Crippen molar-refractivity contribution in [2.24, 2.45) is 0 Å². The number of nitrogens with one attached hydrogen (secondary N) is 1. The summed E-state index contributed by atoms with van der Waals surface area (Å²) >= 11 is 0. The van der Waals surface area contributed by atoms with Crippen LogP contribution in [0.15, 0.2) is 60.2 Å². The summed E-state index contributed by atoms with van der Waals surface area (Å²) in [6.45, 7) is 11.0. The number of ether oxygens (including phenoxy) is 3. The Morgan fingerprint density at radius 1 is 1.16 bits per heavy atom. The first-order valence-corrected chi connectivity index (χ1v) is 10.9. The van der Waals surface area contributed by atoms with E-state index in [9.17, 15) is 4.79 Å². The average Bonchev–Trinajstić information content (AvgIpc) is 2.71. The number of hydrogen-bond acceptors (Lipinski definition) is 5. The second-order valence-corrected chi connectivity index (χ2v) is 8.59. The first-order valence-electron chi connectivity index (χ1n) is 10.9. The lowest BCUT2D eigenvalue weighted by Gasteiger charge is -2.43. The highest BCUT2D eigenvalue weighted by atomic mass is 16.6. The van der Waals surface area contributed by atoms with Crippen LogP contribution in [0.5, 0.6) is 5.75 Å². The molecule has 1 aliphatic rings. The molecule has 0 fully saturated rings. The number of anilines is 1. The summed E-state index contributed by atoms with van der Waals surface area (Å²) in [5.74, 6) is 0.371. The maximum atomic E-state index is 12.5. The summed E-state index contributed by atoms with van der Waals surface area (Å²) in [6.07, 6.45) is 1.25. The molecule has 166 valence electrons. The minimum absolute atomic E-state index is 0.385. The van der Waals surface area contributed by atoms with E-state index in [2.05, 4.69) is 24.4 Å². The summed E-state index contributed by atoms with van der Waals surface area (Å²) < 4.78 is 18.6. The van der Waals surface area contributed by atoms with Crippen molar-refractivity contribution in [3.8, 4) is 5.75 Å². The molecule has 0 amide bonds. The molecule has 5 heteroatoms. The van der Waals surface area contributed by atoms with Crippen LogP contribution in [0.3, 0.4) is 0 Å². The van der Waals surface area contributed by atoms with Crippen LogP contribution in [-0.2, 0) is 20.7 Å². The van der Waals surface area contributed by atoms with Crippen LogP contribution in [0, 0.1) is 0 Å². The largest absolute Gasteiger partial charge is 0.483 e. The zero-order valence-corrected chi connectivity index (χ0v) is 19.1. The first-order chi connectivity index (χ1) is 14.8. The summed E-state index contributed by atoms with van der Waals surface area (Å²) in [7, 11) is 0. The van der Waals surface area contributed by atoms with E-state index < -0.39 is 17.8 Å². The highest BCUT2D eigenvalue weighted by Gasteiger charge is 2.47. The second-order valence-electron chi connectivity index (χ2n) is 8.59. The summed E-state index contributed by atoms with van der Waals surface area (Å²) in [4.78, 5) is 12.5. The lowest BCUT2D eigenvalue weighted by atomic mass is 9.87. The number of benzene rings is 2. The molecule has 2 aromatic rings. The minimum atomic E-state index is -0.741. The van der Waals surface area contributed by atoms with Gasteiger partial charge < -0.3 is 19.5 Å². The van der Waals surface area contributed by atoms with Gasteiger partial charge in [-0.05, 0) is 64.8 Å². The second kappa shape index (κ2) is 10.0. The highest BCUT2D eigenvalue weighted by molar-refractivity contribution is 5.83. The standard InChI is InChI=1S/C26H33NO4/c1-6-27-20-12-13-22-21(17-20)24(29-15-14-19-10-8-7-9-11-19)25(26(4,5)31-22)30-23(28)16-18(2)3/h7-13,16-17,24-25,27H,6,14-15H2,1-5H3. The number of allylic oxidation sites excluding steroid dienone is 1. The van der Waals surface area contributed by atoms with Gasteiger partial charge in [-0.25, -0.2) is 4.79 Å². The fourth-order valence-corrected chi connectivity index (χ4v) is 3.77. The van der Waals surface area contributed by atoms with Gasteiger partial charge in [-0.15, -0.1) is 0 Å². The van der Waals surface area contributed by atoms with Crippen LogP contribution >= 0.6 is 0 Å². The monoisotopic (exact) mass is 423 g/mol. The van der Waals surface area contributed by atoms with Gasteiger partial charge in [0.05, 0.1) is 6.61 Å². The SMILES string of the molecule is CCNc1ccc2c(c1)C(OCCc1ccccc1)C(OC(=O)C=C(C)C)C(C)(C)O2. The smallest absolute Gasteiger partial charge is 0.331 e. The van der Waals surface area contributed by atoms with Crippen molar-refractivity contribution in [3.63, 3.8) is 0 Å². The van der Waals surface area contributed by atoms with E-state index in [1.54, 1.807) is 0 Å². The van der Waals surface area contributed by atoms with Crippen LogP contribution in [0.4, 0.5) is 5.69 Å². The van der Waals surface area contributed by atoms with E-state index in [1.807, 2.05) is 64.1 Å². The van der Waals surface area contributed by atoms with E-state index in [0.29, 0.717) is 6.61 Å². The van der Waals surface area contributed by atoms with Crippen LogP contribution in [0.2, 0.25) is 0 Å². The Hall–Kier alpha value is -2.79. The Labute approximate surface area is 185 Å². The van der Waals surface area contributed by atoms with Gasteiger partial charge in [0.15, 0.2) is 6.10 Å². The highest BCUT2D eigenvalue weighted by Crippen LogP contribution is 2.44. The minimum Gasteiger partial charge on any atom is -0.483 e. The fourth-order valence-electron chi connectivity index (χ4n) is 3.77. The molecule has 0 bridgehead atoms. The van der Waals surface area contributed by atoms with Gasteiger partial charge in [0.25, 0.3) is 0 Å². The molecule has 2 atom stereocenters. The Kier molecular flexibility index (Phi) is 7.39. The maximum Gasteiger partial charge on any atom is 0.331 e. The number of carbonyl (C=O) groups excluding carboxylic acids is 1. The molecule has 0 saturated carbocycles. The van der Waals surface area contributed by atoms with Crippen LogP contribution in [-0.4, -0.2) is 30.8 Å². The van der Waals surface area contributed by atoms with Gasteiger partial charge in [0, 0.05) is 23.9 Å². The Balaban J connectivity index is 1.90. The van der Waals surface area contributed by atoms with Gasteiger partial charge in [0.1, 0.15) is 17.5 Å². The van der Waals surface area contributed by atoms with E-state index in [4.69, 9.17) is 14.2 Å². The van der Waals surface area contributed by atoms with Gasteiger partial charge >= 0.3 is 5.97 Å². The van der Waals surface area contributed by atoms with Crippen molar-refractivity contribution < 1.29 is 19.0 Å². The van der Waals surface area contributed by atoms with Crippen LogP contribution < -0.4 is 10.1 Å². The number of hydrogen-bond donors (Lipinski definition) is 1. The number of esters is 1. The zero-order valence-electron chi connectivity index (χ0n) is 19.1. The Bertz CT molecular complexity index is 916. The summed E-state index contributed by atoms with van der Waals surface area (Å²) in [5.41, 5.74) is 3.22. The maximum absolute atomic E-state index is 12.5. The quantitative estimate of drug-likeness (QED) is 0.451. The molecule has 3 rings (SSSR count). The van der Waals surface area contributed by atoms with Crippen molar-refractivity contribution in [2.75, 3.05) is 18.5 Å². The van der Waals surface area contributed by atoms with Crippen LogP contribution in [0.1, 0.15) is 51.8 Å². The Morgan fingerprint density at radius 2 is 1.90 bits per heavy atom. The summed E-state index contributed by atoms with van der Waals surface area (Å²) in [6, 6.07) is 16.2. The molecular weight excluding hydrogens is 390 g/mol. The molecule has 1 aliphatic heterocycles. The molecule has 0 aliphatic carbocycles. The average molecular weight is 424 g/mol. The van der Waals surface area contributed by atoms with E-state index >= 15 is 0 Å². The predicted molar refractivity (Wildman–Crippen MR) is 123 cm³/mol. The van der Waals surface area contributed by atoms with Gasteiger partial charge in [-0.3, -0.25) is 0 Å². The summed E-state index contributed by atoms with van der Waals surface area (Å²) in [5, 5.41) is 3.33. The van der Waals surface area contributed by atoms with Gasteiger partial charge in [0.2, 0.25) is 0 Å². The van der Waals surface area contributed by atoms with Crippen molar-refractivity contribution in [1.82, 2.24) is 0 Å². The zero-order chi connectivity index (χ0) is 22.4. The van der Waals surface area contributed by atoms with Crippen molar-refractivity contribution in [1.29, 1.82) is 0 Å². The third kappa shape index (κ3) is 5.88. The Morgan fingerprint density at radius 3 is 2.58 bits per heavy atom. The third-order valence-electron chi connectivity index (χ3n) is 5.21. The fraction of sp³-hybridized carbons (Fsp3) is 0.423. The van der Waals surface area contributed by atoms with Crippen LogP contribution in [0.25, 0.3) is 0 Å². The lowest BCUT2D eigenvalue weighted by molar-refractivity contribution is -0.179. The lowest BCUT2D eigenvalue weighted by Crippen LogP contribution is -2.51. The van der Waals surface area contributed by atoms with Crippen molar-refractivity contribution >= 4 is 11.7 Å². The molecular formula is C26H33NO4. The van der Waals surface area contributed by atoms with E-state index in [0.717, 1.165) is 35.5 Å². The van der Waals surface area contributed by atoms with E-state index in [-0.39, 0.29) is 5.97 Å². The molecule has 2 unspecified atom stereocenters. The topological polar surface area (TPSA) is 56.8 Å². The normalized spacial score (nSPS) is 19.0. The molecule has 2 aromatic carbocycles. The molecule has 1 heterocycles. The van der Waals surface area contributed by atoms with E-state index in [1.165, 1.54) is 11.6 Å². The molecule has 0 spiro atoms. The molecule has 0 radical (unpaired) electrons. The molecule has 5 nitrogen and oxygen atoms in total.